The molecule has 0 bridgehead atoms. The molecule has 0 aromatic heterocycles. The summed E-state index contributed by atoms with van der Waals surface area (Å²) in [5.74, 6) is 0.950. The summed E-state index contributed by atoms with van der Waals surface area (Å²) < 4.78 is 5.39. The Labute approximate surface area is 93.8 Å². The van der Waals surface area contributed by atoms with E-state index in [0.29, 0.717) is 0 Å². The minimum Gasteiger partial charge on any atom is -0.381 e. The Morgan fingerprint density at radius 2 is 1.60 bits per heavy atom. The van der Waals surface area contributed by atoms with Gasteiger partial charge >= 0.3 is 0 Å². The van der Waals surface area contributed by atoms with E-state index < -0.39 is 0 Å². The fourth-order valence-electron chi connectivity index (χ4n) is 2.85. The molecule has 2 unspecified atom stereocenters. The van der Waals surface area contributed by atoms with Crippen molar-refractivity contribution in [3.8, 4) is 0 Å². The van der Waals surface area contributed by atoms with Crippen LogP contribution in [0.3, 0.4) is 0 Å². The molecule has 1 saturated heterocycles. The van der Waals surface area contributed by atoms with Crippen LogP contribution in [0.5, 0.6) is 0 Å². The second kappa shape index (κ2) is 5.86. The third kappa shape index (κ3) is 3.76. The molecule has 2 nitrogen and oxygen atoms in total. The average Bonchev–Trinajstić information content (AvgIpc) is 2.46. The van der Waals surface area contributed by atoms with Crippen molar-refractivity contribution in [3.63, 3.8) is 0 Å². The first-order valence-corrected chi connectivity index (χ1v) is 6.68. The van der Waals surface area contributed by atoms with E-state index in [0.717, 1.165) is 31.2 Å². The molecule has 0 aromatic carbocycles. The van der Waals surface area contributed by atoms with Gasteiger partial charge in [-0.2, -0.15) is 0 Å². The van der Waals surface area contributed by atoms with E-state index in [4.69, 9.17) is 4.74 Å². The maximum atomic E-state index is 5.39. The molecule has 1 aliphatic carbocycles. The predicted molar refractivity (Wildman–Crippen MR) is 63.0 cm³/mol. The standard InChI is InChI=1S/C13H25NO/c1-11-3-2-4-12(6-5-11)14-13-7-9-15-10-8-13/h11-14H,2-10H2,1H3. The van der Waals surface area contributed by atoms with Crippen LogP contribution in [-0.4, -0.2) is 25.3 Å². The Morgan fingerprint density at radius 3 is 2.40 bits per heavy atom. The van der Waals surface area contributed by atoms with Crippen molar-refractivity contribution in [2.75, 3.05) is 13.2 Å². The molecule has 2 atom stereocenters. The molecule has 15 heavy (non-hydrogen) atoms. The van der Waals surface area contributed by atoms with Crippen LogP contribution >= 0.6 is 0 Å². The maximum Gasteiger partial charge on any atom is 0.0480 e. The zero-order valence-electron chi connectivity index (χ0n) is 10.0. The fourth-order valence-corrected chi connectivity index (χ4v) is 2.85. The molecule has 0 spiro atoms. The van der Waals surface area contributed by atoms with Gasteiger partial charge in [-0.25, -0.2) is 0 Å². The van der Waals surface area contributed by atoms with Gasteiger partial charge in [-0.3, -0.25) is 0 Å². The smallest absolute Gasteiger partial charge is 0.0480 e. The van der Waals surface area contributed by atoms with Crippen molar-refractivity contribution in [1.29, 1.82) is 0 Å². The molecular formula is C13H25NO. The van der Waals surface area contributed by atoms with Crippen LogP contribution in [-0.2, 0) is 4.74 Å². The molecule has 88 valence electrons. The molecule has 0 radical (unpaired) electrons. The van der Waals surface area contributed by atoms with Crippen molar-refractivity contribution < 1.29 is 4.74 Å². The van der Waals surface area contributed by atoms with Gasteiger partial charge in [-0.1, -0.05) is 19.8 Å². The van der Waals surface area contributed by atoms with E-state index in [-0.39, 0.29) is 0 Å². The SMILES string of the molecule is CC1CCCC(NC2CCOCC2)CC1. The van der Waals surface area contributed by atoms with E-state index in [9.17, 15) is 0 Å². The summed E-state index contributed by atoms with van der Waals surface area (Å²) in [6.07, 6.45) is 9.48. The highest BCUT2D eigenvalue weighted by Crippen LogP contribution is 2.23. The lowest BCUT2D eigenvalue weighted by Crippen LogP contribution is -2.41. The first kappa shape index (κ1) is 11.4. The van der Waals surface area contributed by atoms with Gasteiger partial charge in [0.2, 0.25) is 0 Å². The number of ether oxygens (including phenoxy) is 1. The van der Waals surface area contributed by atoms with Gasteiger partial charge in [0.1, 0.15) is 0 Å². The third-order valence-corrected chi connectivity index (χ3v) is 3.95. The van der Waals surface area contributed by atoms with E-state index in [1.165, 1.54) is 44.9 Å². The fraction of sp³-hybridized carbons (Fsp3) is 1.00. The largest absolute Gasteiger partial charge is 0.381 e. The lowest BCUT2D eigenvalue weighted by atomic mass is 10.0. The zero-order chi connectivity index (χ0) is 10.5. The number of hydrogen-bond acceptors (Lipinski definition) is 2. The molecule has 1 heterocycles. The van der Waals surface area contributed by atoms with Gasteiger partial charge in [0.25, 0.3) is 0 Å². The Kier molecular flexibility index (Phi) is 4.45. The molecule has 0 aromatic rings. The quantitative estimate of drug-likeness (QED) is 0.709. The van der Waals surface area contributed by atoms with E-state index in [2.05, 4.69) is 12.2 Å². The highest BCUT2D eigenvalue weighted by Gasteiger charge is 2.20. The van der Waals surface area contributed by atoms with E-state index in [1.807, 2.05) is 0 Å². The highest BCUT2D eigenvalue weighted by molar-refractivity contribution is 4.79. The van der Waals surface area contributed by atoms with E-state index in [1.54, 1.807) is 0 Å². The van der Waals surface area contributed by atoms with Gasteiger partial charge in [0.05, 0.1) is 0 Å². The Bertz CT molecular complexity index is 177. The Morgan fingerprint density at radius 1 is 0.867 bits per heavy atom. The Hall–Kier alpha value is -0.0800. The summed E-state index contributed by atoms with van der Waals surface area (Å²) in [7, 11) is 0. The van der Waals surface area contributed by atoms with Crippen molar-refractivity contribution in [1.82, 2.24) is 5.32 Å². The topological polar surface area (TPSA) is 21.3 Å². The first-order valence-electron chi connectivity index (χ1n) is 6.68. The van der Waals surface area contributed by atoms with Crippen molar-refractivity contribution >= 4 is 0 Å². The van der Waals surface area contributed by atoms with Gasteiger partial charge in [-0.05, 0) is 38.0 Å². The number of rotatable bonds is 2. The second-order valence-electron chi connectivity index (χ2n) is 5.36. The minimum absolute atomic E-state index is 0.733. The minimum atomic E-state index is 0.733. The van der Waals surface area contributed by atoms with Crippen LogP contribution in [0.1, 0.15) is 51.9 Å². The van der Waals surface area contributed by atoms with Gasteiger partial charge in [0.15, 0.2) is 0 Å². The number of hydrogen-bond donors (Lipinski definition) is 1. The van der Waals surface area contributed by atoms with Crippen LogP contribution in [0.4, 0.5) is 0 Å². The summed E-state index contributed by atoms with van der Waals surface area (Å²) in [4.78, 5) is 0. The van der Waals surface area contributed by atoms with Crippen molar-refractivity contribution in [3.05, 3.63) is 0 Å². The molecule has 1 aliphatic heterocycles. The monoisotopic (exact) mass is 211 g/mol. The van der Waals surface area contributed by atoms with Crippen LogP contribution in [0.15, 0.2) is 0 Å². The van der Waals surface area contributed by atoms with Crippen molar-refractivity contribution in [2.24, 2.45) is 5.92 Å². The molecule has 2 fully saturated rings. The van der Waals surface area contributed by atoms with Gasteiger partial charge in [-0.15, -0.1) is 0 Å². The lowest BCUT2D eigenvalue weighted by Gasteiger charge is -2.28. The predicted octanol–water partition coefficient (Wildman–Crippen LogP) is 2.72. The molecular weight excluding hydrogens is 186 g/mol. The van der Waals surface area contributed by atoms with Crippen molar-refractivity contribution in [2.45, 2.75) is 64.0 Å². The summed E-state index contributed by atoms with van der Waals surface area (Å²) >= 11 is 0. The van der Waals surface area contributed by atoms with Crippen LogP contribution in [0.25, 0.3) is 0 Å². The molecule has 1 N–H and O–H groups in total. The normalized spacial score (nSPS) is 35.0. The van der Waals surface area contributed by atoms with Crippen LogP contribution in [0, 0.1) is 5.92 Å². The summed E-state index contributed by atoms with van der Waals surface area (Å²) in [6.45, 7) is 4.32. The second-order valence-corrected chi connectivity index (χ2v) is 5.36. The summed E-state index contributed by atoms with van der Waals surface area (Å²) in [5, 5.41) is 3.84. The zero-order valence-corrected chi connectivity index (χ0v) is 10.0. The third-order valence-electron chi connectivity index (χ3n) is 3.95. The summed E-state index contributed by atoms with van der Waals surface area (Å²) in [5.41, 5.74) is 0. The van der Waals surface area contributed by atoms with Crippen LogP contribution < -0.4 is 5.32 Å². The molecule has 0 amide bonds. The molecule has 2 heteroatoms. The average molecular weight is 211 g/mol. The highest BCUT2D eigenvalue weighted by atomic mass is 16.5. The molecule has 2 rings (SSSR count). The number of nitrogens with one attached hydrogen (secondary N) is 1. The van der Waals surface area contributed by atoms with Gasteiger partial charge in [0, 0.05) is 25.3 Å². The first-order chi connectivity index (χ1) is 7.34. The maximum absolute atomic E-state index is 5.39. The van der Waals surface area contributed by atoms with Crippen LogP contribution in [0.2, 0.25) is 0 Å². The lowest BCUT2D eigenvalue weighted by molar-refractivity contribution is 0.0742. The summed E-state index contributed by atoms with van der Waals surface area (Å²) in [6, 6.07) is 1.52. The molecule has 1 saturated carbocycles. The van der Waals surface area contributed by atoms with E-state index >= 15 is 0 Å². The Balaban J connectivity index is 1.72. The van der Waals surface area contributed by atoms with Gasteiger partial charge < -0.3 is 10.1 Å². The molecule has 2 aliphatic rings.